The van der Waals surface area contributed by atoms with Crippen molar-refractivity contribution in [1.82, 2.24) is 0 Å². The number of urea groups is 1. The van der Waals surface area contributed by atoms with Crippen LogP contribution in [0, 0.1) is 0 Å². The Kier molecular flexibility index (Phi) is 6.19. The third-order valence-electron chi connectivity index (χ3n) is 4.38. The van der Waals surface area contributed by atoms with Crippen molar-refractivity contribution in [2.45, 2.75) is 31.8 Å². The number of hydrogen-bond acceptors (Lipinski definition) is 4. The summed E-state index contributed by atoms with van der Waals surface area (Å²) in [4.78, 5) is 24.7. The summed E-state index contributed by atoms with van der Waals surface area (Å²) in [6.07, 6.45) is 3.83. The Balaban J connectivity index is 1.68. The Labute approximate surface area is 162 Å². The van der Waals surface area contributed by atoms with E-state index in [0.29, 0.717) is 17.1 Å². The second-order valence-electron chi connectivity index (χ2n) is 6.29. The minimum atomic E-state index is -0.472. The quantitative estimate of drug-likeness (QED) is 0.699. The molecule has 0 unspecified atom stereocenters. The minimum Gasteiger partial charge on any atom is -0.495 e. The van der Waals surface area contributed by atoms with Gasteiger partial charge in [0, 0.05) is 5.69 Å². The van der Waals surface area contributed by atoms with Gasteiger partial charge in [-0.1, -0.05) is 23.7 Å². The summed E-state index contributed by atoms with van der Waals surface area (Å²) in [7, 11) is 1.53. The van der Waals surface area contributed by atoms with Crippen LogP contribution >= 0.6 is 11.6 Å². The molecule has 3 rings (SSSR count). The molecule has 0 spiro atoms. The van der Waals surface area contributed by atoms with E-state index in [1.165, 1.54) is 13.2 Å². The van der Waals surface area contributed by atoms with Crippen LogP contribution < -0.4 is 15.4 Å². The molecule has 0 radical (unpaired) electrons. The number of ether oxygens (including phenoxy) is 2. The van der Waals surface area contributed by atoms with E-state index in [1.54, 1.807) is 30.3 Å². The second kappa shape index (κ2) is 8.77. The van der Waals surface area contributed by atoms with E-state index in [1.807, 2.05) is 6.07 Å². The van der Waals surface area contributed by atoms with Crippen LogP contribution in [0.25, 0.3) is 0 Å². The van der Waals surface area contributed by atoms with E-state index in [2.05, 4.69) is 10.6 Å². The molecule has 0 bridgehead atoms. The molecule has 0 aromatic heterocycles. The molecule has 0 atom stereocenters. The summed E-state index contributed by atoms with van der Waals surface area (Å²) in [6, 6.07) is 11.3. The third-order valence-corrected chi connectivity index (χ3v) is 4.70. The van der Waals surface area contributed by atoms with Gasteiger partial charge in [-0.2, -0.15) is 0 Å². The first-order chi connectivity index (χ1) is 13.1. The largest absolute Gasteiger partial charge is 0.495 e. The van der Waals surface area contributed by atoms with Gasteiger partial charge in [0.1, 0.15) is 11.9 Å². The number of carbonyl (C=O) groups excluding carboxylic acids is 2. The van der Waals surface area contributed by atoms with Crippen molar-refractivity contribution in [2.24, 2.45) is 0 Å². The van der Waals surface area contributed by atoms with Crippen LogP contribution in [0.1, 0.15) is 36.0 Å². The summed E-state index contributed by atoms with van der Waals surface area (Å²) in [5, 5.41) is 5.68. The molecule has 1 aliphatic carbocycles. The van der Waals surface area contributed by atoms with Gasteiger partial charge in [-0.3, -0.25) is 0 Å². The van der Waals surface area contributed by atoms with Gasteiger partial charge in [-0.05, 0) is 56.0 Å². The number of halogens is 1. The molecular weight excluding hydrogens is 368 g/mol. The number of carbonyl (C=O) groups is 2. The van der Waals surface area contributed by atoms with Gasteiger partial charge in [0.2, 0.25) is 0 Å². The Morgan fingerprint density at radius 2 is 1.81 bits per heavy atom. The maximum atomic E-state index is 12.4. The average molecular weight is 389 g/mol. The molecule has 0 aliphatic heterocycles. The van der Waals surface area contributed by atoms with E-state index in [0.717, 1.165) is 25.7 Å². The zero-order chi connectivity index (χ0) is 19.2. The lowest BCUT2D eigenvalue weighted by atomic mass is 10.2. The number of hydrogen-bond donors (Lipinski definition) is 2. The monoisotopic (exact) mass is 388 g/mol. The van der Waals surface area contributed by atoms with Crippen LogP contribution in [0.4, 0.5) is 16.2 Å². The number of methoxy groups -OCH3 is 1. The van der Waals surface area contributed by atoms with E-state index < -0.39 is 12.0 Å². The SMILES string of the molecule is COc1ccccc1NC(=O)Nc1ccc(Cl)c(C(=O)OC2CCCC2)c1. The maximum absolute atomic E-state index is 12.4. The first-order valence-electron chi connectivity index (χ1n) is 8.78. The molecule has 2 aromatic carbocycles. The molecule has 1 fully saturated rings. The van der Waals surface area contributed by atoms with Crippen molar-refractivity contribution in [3.63, 3.8) is 0 Å². The number of nitrogens with one attached hydrogen (secondary N) is 2. The fourth-order valence-electron chi connectivity index (χ4n) is 3.01. The molecular formula is C20H21ClN2O4. The highest BCUT2D eigenvalue weighted by atomic mass is 35.5. The zero-order valence-electron chi connectivity index (χ0n) is 15.0. The second-order valence-corrected chi connectivity index (χ2v) is 6.69. The lowest BCUT2D eigenvalue weighted by Crippen LogP contribution is -2.20. The predicted octanol–water partition coefficient (Wildman–Crippen LogP) is 5.09. The number of anilines is 2. The van der Waals surface area contributed by atoms with Crippen LogP contribution in [0.3, 0.4) is 0 Å². The van der Waals surface area contributed by atoms with Crippen LogP contribution in [0.5, 0.6) is 5.75 Å². The van der Waals surface area contributed by atoms with Crippen molar-refractivity contribution in [1.29, 1.82) is 0 Å². The molecule has 2 aromatic rings. The van der Waals surface area contributed by atoms with Crippen LogP contribution in [0.2, 0.25) is 5.02 Å². The van der Waals surface area contributed by atoms with Crippen LogP contribution in [-0.2, 0) is 4.74 Å². The summed E-state index contributed by atoms with van der Waals surface area (Å²) < 4.78 is 10.7. The summed E-state index contributed by atoms with van der Waals surface area (Å²) in [5.41, 5.74) is 1.20. The number of esters is 1. The van der Waals surface area contributed by atoms with Crippen molar-refractivity contribution in [3.05, 3.63) is 53.1 Å². The highest BCUT2D eigenvalue weighted by Crippen LogP contribution is 2.27. The van der Waals surface area contributed by atoms with E-state index in [9.17, 15) is 9.59 Å². The fourth-order valence-corrected chi connectivity index (χ4v) is 3.21. The highest BCUT2D eigenvalue weighted by molar-refractivity contribution is 6.33. The lowest BCUT2D eigenvalue weighted by molar-refractivity contribution is 0.0318. The number of amides is 2. The van der Waals surface area contributed by atoms with Gasteiger partial charge in [0.25, 0.3) is 0 Å². The van der Waals surface area contributed by atoms with Gasteiger partial charge in [-0.25, -0.2) is 9.59 Å². The van der Waals surface area contributed by atoms with Crippen LogP contribution in [-0.4, -0.2) is 25.2 Å². The first kappa shape index (κ1) is 19.0. The number of benzene rings is 2. The fraction of sp³-hybridized carbons (Fsp3) is 0.300. The smallest absolute Gasteiger partial charge is 0.340 e. The Bertz CT molecular complexity index is 834. The van der Waals surface area contributed by atoms with Crippen molar-refractivity contribution in [2.75, 3.05) is 17.7 Å². The summed E-state index contributed by atoms with van der Waals surface area (Å²) >= 11 is 6.14. The molecule has 0 saturated heterocycles. The molecule has 6 nitrogen and oxygen atoms in total. The van der Waals surface area contributed by atoms with Crippen molar-refractivity contribution < 1.29 is 19.1 Å². The van der Waals surface area contributed by atoms with E-state index in [4.69, 9.17) is 21.1 Å². The Morgan fingerprint density at radius 1 is 1.07 bits per heavy atom. The summed E-state index contributed by atoms with van der Waals surface area (Å²) in [5.74, 6) is 0.0743. The maximum Gasteiger partial charge on any atom is 0.340 e. The first-order valence-corrected chi connectivity index (χ1v) is 9.16. The topological polar surface area (TPSA) is 76.7 Å². The normalized spacial score (nSPS) is 13.9. The third kappa shape index (κ3) is 4.92. The number of para-hydroxylation sites is 2. The van der Waals surface area contributed by atoms with Gasteiger partial charge in [-0.15, -0.1) is 0 Å². The summed E-state index contributed by atoms with van der Waals surface area (Å²) in [6.45, 7) is 0. The predicted molar refractivity (Wildman–Crippen MR) is 105 cm³/mol. The number of rotatable bonds is 5. The molecule has 1 aliphatic rings. The van der Waals surface area contributed by atoms with Gasteiger partial charge >= 0.3 is 12.0 Å². The minimum absolute atomic E-state index is 0.0565. The highest BCUT2D eigenvalue weighted by Gasteiger charge is 2.22. The lowest BCUT2D eigenvalue weighted by Gasteiger charge is -2.14. The molecule has 7 heteroatoms. The molecule has 2 N–H and O–H groups in total. The average Bonchev–Trinajstić information content (AvgIpc) is 3.16. The molecule has 1 saturated carbocycles. The van der Waals surface area contributed by atoms with Crippen molar-refractivity contribution in [3.8, 4) is 5.75 Å². The van der Waals surface area contributed by atoms with Crippen LogP contribution in [0.15, 0.2) is 42.5 Å². The van der Waals surface area contributed by atoms with Gasteiger partial charge in [0.05, 0.1) is 23.4 Å². The van der Waals surface area contributed by atoms with Gasteiger partial charge < -0.3 is 20.1 Å². The standard InChI is InChI=1S/C20H21ClN2O4/c1-26-18-9-5-4-8-17(18)23-20(25)22-13-10-11-16(21)15(12-13)19(24)27-14-6-2-3-7-14/h4-5,8-12,14H,2-3,6-7H2,1H3,(H2,22,23,25). The Morgan fingerprint density at radius 3 is 2.56 bits per heavy atom. The molecule has 142 valence electrons. The van der Waals surface area contributed by atoms with E-state index >= 15 is 0 Å². The molecule has 2 amide bonds. The zero-order valence-corrected chi connectivity index (χ0v) is 15.7. The molecule has 27 heavy (non-hydrogen) atoms. The Hall–Kier alpha value is -2.73. The van der Waals surface area contributed by atoms with E-state index in [-0.39, 0.29) is 16.7 Å². The van der Waals surface area contributed by atoms with Gasteiger partial charge in [0.15, 0.2) is 0 Å². The molecule has 0 heterocycles. The van der Waals surface area contributed by atoms with Crippen molar-refractivity contribution >= 4 is 35.0 Å².